The van der Waals surface area contributed by atoms with Crippen LogP contribution in [0.25, 0.3) is 0 Å². The Morgan fingerprint density at radius 3 is 2.63 bits per heavy atom. The largest absolute Gasteiger partial charge is 0.434 e. The van der Waals surface area contributed by atoms with E-state index >= 15 is 0 Å². The Balaban J connectivity index is 2.06. The van der Waals surface area contributed by atoms with Crippen LogP contribution in [0.1, 0.15) is 44.0 Å². The van der Waals surface area contributed by atoms with Gasteiger partial charge in [0, 0.05) is 6.92 Å². The van der Waals surface area contributed by atoms with Crippen LogP contribution in [0.2, 0.25) is 0 Å². The van der Waals surface area contributed by atoms with Gasteiger partial charge in [0.25, 0.3) is 5.91 Å². The van der Waals surface area contributed by atoms with Crippen molar-refractivity contribution < 1.29 is 28.2 Å². The number of hydrogen-bond donors (Lipinski definition) is 2. The normalized spacial score (nSPS) is 20.2. The highest BCUT2D eigenvalue weighted by atomic mass is 19.1. The lowest BCUT2D eigenvalue weighted by Gasteiger charge is -2.24. The van der Waals surface area contributed by atoms with Crippen LogP contribution in [0.5, 0.6) is 0 Å². The highest BCUT2D eigenvalue weighted by Gasteiger charge is 2.34. The van der Waals surface area contributed by atoms with Gasteiger partial charge in [0.15, 0.2) is 0 Å². The molecule has 0 aromatic heterocycles. The lowest BCUT2D eigenvalue weighted by atomic mass is 10.0. The topological polar surface area (TPSA) is 93.7 Å². The van der Waals surface area contributed by atoms with Crippen molar-refractivity contribution >= 4 is 17.8 Å². The maximum Gasteiger partial charge on any atom is 0.305 e. The third-order valence-corrected chi connectivity index (χ3v) is 4.10. The monoisotopic (exact) mass is 380 g/mol. The molecular weight excluding hydrogens is 355 g/mol. The lowest BCUT2D eigenvalue weighted by Crippen LogP contribution is -2.52. The third kappa shape index (κ3) is 6.02. The molecule has 2 N–H and O–H groups in total. The second kappa shape index (κ2) is 9.45. The predicted octanol–water partition coefficient (Wildman–Crippen LogP) is 1.76. The number of esters is 1. The van der Waals surface area contributed by atoms with E-state index in [1.165, 1.54) is 25.1 Å². The van der Waals surface area contributed by atoms with E-state index < -0.39 is 42.0 Å². The minimum atomic E-state index is -0.853. The van der Waals surface area contributed by atoms with E-state index in [0.717, 1.165) is 0 Å². The number of benzene rings is 1. The predicted molar refractivity (Wildman–Crippen MR) is 95.2 cm³/mol. The van der Waals surface area contributed by atoms with Gasteiger partial charge in [-0.1, -0.05) is 26.0 Å². The standard InChI is InChI=1S/C19H25FN2O5/c1-11(2)10-16(22-17(24)13-6-4-5-7-14(13)20)18(25)21-15-8-9-26-19(15)27-12(3)23/h4-7,11,15-16,19H,8-10H2,1-3H3,(H,21,25)(H,22,24)/t15-,16?,19-/m0/s1. The Kier molecular flexibility index (Phi) is 7.29. The first kappa shape index (κ1) is 20.8. The van der Waals surface area contributed by atoms with Crippen molar-refractivity contribution in [3.8, 4) is 0 Å². The fourth-order valence-electron chi connectivity index (χ4n) is 2.85. The lowest BCUT2D eigenvalue weighted by molar-refractivity contribution is -0.170. The van der Waals surface area contributed by atoms with Crippen molar-refractivity contribution in [2.45, 2.75) is 52.0 Å². The molecule has 1 unspecified atom stereocenters. The summed E-state index contributed by atoms with van der Waals surface area (Å²) in [7, 11) is 0. The van der Waals surface area contributed by atoms with Gasteiger partial charge < -0.3 is 20.1 Å². The average Bonchev–Trinajstić information content (AvgIpc) is 3.00. The molecule has 148 valence electrons. The Morgan fingerprint density at radius 1 is 1.30 bits per heavy atom. The van der Waals surface area contributed by atoms with E-state index in [1.807, 2.05) is 13.8 Å². The zero-order valence-corrected chi connectivity index (χ0v) is 15.7. The quantitative estimate of drug-likeness (QED) is 0.703. The summed E-state index contributed by atoms with van der Waals surface area (Å²) in [6, 6.07) is 4.23. The second-order valence-electron chi connectivity index (χ2n) is 6.89. The Labute approximate surface area is 157 Å². The van der Waals surface area contributed by atoms with Crippen molar-refractivity contribution in [3.05, 3.63) is 35.6 Å². The summed E-state index contributed by atoms with van der Waals surface area (Å²) in [6.07, 6.45) is 0.00500. The molecule has 1 aliphatic rings. The van der Waals surface area contributed by atoms with Crippen molar-refractivity contribution in [2.75, 3.05) is 6.61 Å². The van der Waals surface area contributed by atoms with Gasteiger partial charge in [-0.05, 0) is 30.9 Å². The van der Waals surface area contributed by atoms with E-state index in [2.05, 4.69) is 10.6 Å². The summed E-state index contributed by atoms with van der Waals surface area (Å²) in [5.41, 5.74) is -0.124. The smallest absolute Gasteiger partial charge is 0.305 e. The van der Waals surface area contributed by atoms with E-state index in [4.69, 9.17) is 9.47 Å². The third-order valence-electron chi connectivity index (χ3n) is 4.10. The fourth-order valence-corrected chi connectivity index (χ4v) is 2.85. The summed E-state index contributed by atoms with van der Waals surface area (Å²) in [5, 5.41) is 5.36. The van der Waals surface area contributed by atoms with Gasteiger partial charge >= 0.3 is 5.97 Å². The minimum absolute atomic E-state index is 0.116. The van der Waals surface area contributed by atoms with Gasteiger partial charge in [-0.3, -0.25) is 14.4 Å². The van der Waals surface area contributed by atoms with Crippen LogP contribution >= 0.6 is 0 Å². The first-order chi connectivity index (χ1) is 12.8. The molecule has 0 saturated carbocycles. The van der Waals surface area contributed by atoms with Crippen LogP contribution in [-0.2, 0) is 19.1 Å². The summed E-state index contributed by atoms with van der Waals surface area (Å²) in [4.78, 5) is 36.2. The SMILES string of the molecule is CC(=O)O[C@@H]1OCC[C@@H]1NC(=O)C(CC(C)C)NC(=O)c1ccccc1F. The van der Waals surface area contributed by atoms with Crippen LogP contribution in [-0.4, -0.2) is 42.8 Å². The number of halogens is 1. The molecule has 8 heteroatoms. The van der Waals surface area contributed by atoms with E-state index in [1.54, 1.807) is 6.07 Å². The Bertz CT molecular complexity index is 694. The zero-order valence-electron chi connectivity index (χ0n) is 15.7. The van der Waals surface area contributed by atoms with Gasteiger partial charge in [-0.25, -0.2) is 4.39 Å². The number of ether oxygens (including phenoxy) is 2. The Morgan fingerprint density at radius 2 is 2.00 bits per heavy atom. The minimum Gasteiger partial charge on any atom is -0.434 e. The number of rotatable bonds is 7. The van der Waals surface area contributed by atoms with E-state index in [0.29, 0.717) is 19.4 Å². The van der Waals surface area contributed by atoms with Crippen LogP contribution in [0.15, 0.2) is 24.3 Å². The van der Waals surface area contributed by atoms with Crippen molar-refractivity contribution in [1.82, 2.24) is 10.6 Å². The number of amides is 2. The van der Waals surface area contributed by atoms with Gasteiger partial charge in [0.1, 0.15) is 11.9 Å². The molecule has 2 rings (SSSR count). The molecule has 0 radical (unpaired) electrons. The molecule has 2 amide bonds. The van der Waals surface area contributed by atoms with Crippen LogP contribution in [0, 0.1) is 11.7 Å². The number of nitrogens with one attached hydrogen (secondary N) is 2. The van der Waals surface area contributed by atoms with Crippen LogP contribution < -0.4 is 10.6 Å². The van der Waals surface area contributed by atoms with Crippen molar-refractivity contribution in [2.24, 2.45) is 5.92 Å². The van der Waals surface area contributed by atoms with Crippen LogP contribution in [0.3, 0.4) is 0 Å². The molecule has 27 heavy (non-hydrogen) atoms. The zero-order chi connectivity index (χ0) is 20.0. The summed E-state index contributed by atoms with van der Waals surface area (Å²) >= 11 is 0. The molecule has 1 aliphatic heterocycles. The maximum absolute atomic E-state index is 13.8. The first-order valence-corrected chi connectivity index (χ1v) is 8.92. The molecule has 1 aromatic carbocycles. The first-order valence-electron chi connectivity index (χ1n) is 8.92. The summed E-state index contributed by atoms with van der Waals surface area (Å²) in [6.45, 7) is 5.43. The van der Waals surface area contributed by atoms with Crippen LogP contribution in [0.4, 0.5) is 4.39 Å². The average molecular weight is 380 g/mol. The Hall–Kier alpha value is -2.48. The van der Waals surface area contributed by atoms with Gasteiger partial charge in [-0.15, -0.1) is 0 Å². The van der Waals surface area contributed by atoms with E-state index in [-0.39, 0.29) is 11.5 Å². The fraction of sp³-hybridized carbons (Fsp3) is 0.526. The molecule has 1 saturated heterocycles. The van der Waals surface area contributed by atoms with Gasteiger partial charge in [0.2, 0.25) is 12.2 Å². The molecule has 1 heterocycles. The number of carbonyl (C=O) groups excluding carboxylic acids is 3. The highest BCUT2D eigenvalue weighted by molar-refractivity contribution is 5.97. The molecule has 7 nitrogen and oxygen atoms in total. The van der Waals surface area contributed by atoms with Gasteiger partial charge in [0.05, 0.1) is 18.2 Å². The van der Waals surface area contributed by atoms with Crippen molar-refractivity contribution in [1.29, 1.82) is 0 Å². The number of hydrogen-bond acceptors (Lipinski definition) is 5. The summed E-state index contributed by atoms with van der Waals surface area (Å²) < 4.78 is 24.2. The maximum atomic E-state index is 13.8. The number of carbonyl (C=O) groups is 3. The molecule has 0 bridgehead atoms. The van der Waals surface area contributed by atoms with Crippen molar-refractivity contribution in [3.63, 3.8) is 0 Å². The molecule has 3 atom stereocenters. The summed E-state index contributed by atoms with van der Waals surface area (Å²) in [5.74, 6) is -2.13. The molecule has 1 fully saturated rings. The molecule has 0 aliphatic carbocycles. The molecule has 1 aromatic rings. The molecular formula is C19H25FN2O5. The second-order valence-corrected chi connectivity index (χ2v) is 6.89. The highest BCUT2D eigenvalue weighted by Crippen LogP contribution is 2.16. The molecule has 0 spiro atoms. The van der Waals surface area contributed by atoms with E-state index in [9.17, 15) is 18.8 Å². The van der Waals surface area contributed by atoms with Gasteiger partial charge in [-0.2, -0.15) is 0 Å².